The van der Waals surface area contributed by atoms with Crippen LogP contribution in [0.3, 0.4) is 0 Å². The predicted molar refractivity (Wildman–Crippen MR) is 94.5 cm³/mol. The van der Waals surface area contributed by atoms with Crippen molar-refractivity contribution in [3.63, 3.8) is 0 Å². The first-order valence-corrected chi connectivity index (χ1v) is 7.75. The van der Waals surface area contributed by atoms with Gasteiger partial charge in [0, 0.05) is 17.7 Å². The van der Waals surface area contributed by atoms with Crippen molar-refractivity contribution in [2.45, 2.75) is 31.3 Å². The topological polar surface area (TPSA) is 230 Å². The van der Waals surface area contributed by atoms with E-state index in [0.29, 0.717) is 5.69 Å². The van der Waals surface area contributed by atoms with Crippen molar-refractivity contribution in [1.29, 1.82) is 0 Å². The second kappa shape index (κ2) is 11.9. The first-order chi connectivity index (χ1) is 12.9. The van der Waals surface area contributed by atoms with Gasteiger partial charge in [-0.15, -0.1) is 0 Å². The van der Waals surface area contributed by atoms with Crippen LogP contribution in [0.4, 0.5) is 5.69 Å². The third-order valence-corrected chi connectivity index (χ3v) is 3.13. The van der Waals surface area contributed by atoms with Crippen LogP contribution in [0.2, 0.25) is 0 Å². The Bertz CT molecular complexity index is 719. The number of rotatable bonds is 9. The van der Waals surface area contributed by atoms with E-state index in [4.69, 9.17) is 31.9 Å². The number of benzene rings is 1. The lowest BCUT2D eigenvalue weighted by Crippen LogP contribution is -2.41. The molecule has 0 bridgehead atoms. The molecule has 12 heteroatoms. The summed E-state index contributed by atoms with van der Waals surface area (Å²) in [5.74, 6) is -5.47. The SMILES string of the molecule is N[C@@H](CC(=O)O)C(=O)O.Nc1ccc(C(=O)N[C@@H](CCC(=O)O)C(=O)O)cc1. The van der Waals surface area contributed by atoms with Crippen LogP contribution in [0.1, 0.15) is 29.6 Å². The summed E-state index contributed by atoms with van der Waals surface area (Å²) in [4.78, 5) is 52.7. The third kappa shape index (κ3) is 10.4. The molecule has 12 nitrogen and oxygen atoms in total. The van der Waals surface area contributed by atoms with E-state index in [0.717, 1.165) is 0 Å². The van der Waals surface area contributed by atoms with E-state index >= 15 is 0 Å². The van der Waals surface area contributed by atoms with Crippen LogP contribution in [0.15, 0.2) is 24.3 Å². The summed E-state index contributed by atoms with van der Waals surface area (Å²) in [6, 6.07) is 3.43. The zero-order valence-electron chi connectivity index (χ0n) is 14.6. The van der Waals surface area contributed by atoms with Crippen LogP contribution >= 0.6 is 0 Å². The Balaban J connectivity index is 0.000000684. The van der Waals surface area contributed by atoms with E-state index in [1.807, 2.05) is 0 Å². The van der Waals surface area contributed by atoms with Gasteiger partial charge in [-0.05, 0) is 30.7 Å². The molecule has 0 heterocycles. The van der Waals surface area contributed by atoms with Gasteiger partial charge in [0.2, 0.25) is 0 Å². The lowest BCUT2D eigenvalue weighted by molar-refractivity contribution is -0.144. The van der Waals surface area contributed by atoms with Gasteiger partial charge in [0.1, 0.15) is 12.1 Å². The largest absolute Gasteiger partial charge is 0.481 e. The van der Waals surface area contributed by atoms with E-state index in [2.05, 4.69) is 5.32 Å². The zero-order valence-corrected chi connectivity index (χ0v) is 14.6. The molecule has 1 aromatic rings. The molecule has 9 N–H and O–H groups in total. The Morgan fingerprint density at radius 1 is 0.893 bits per heavy atom. The number of hydrogen-bond donors (Lipinski definition) is 7. The van der Waals surface area contributed by atoms with E-state index in [1.54, 1.807) is 0 Å². The molecule has 1 rings (SSSR count). The normalized spacial score (nSPS) is 11.9. The molecule has 28 heavy (non-hydrogen) atoms. The van der Waals surface area contributed by atoms with Crippen LogP contribution in [0.5, 0.6) is 0 Å². The Morgan fingerprint density at radius 2 is 1.43 bits per heavy atom. The Morgan fingerprint density at radius 3 is 1.79 bits per heavy atom. The fourth-order valence-corrected chi connectivity index (χ4v) is 1.68. The summed E-state index contributed by atoms with van der Waals surface area (Å²) in [5.41, 5.74) is 11.0. The fourth-order valence-electron chi connectivity index (χ4n) is 1.68. The molecule has 1 aromatic carbocycles. The number of carbonyl (C=O) groups is 5. The molecule has 2 atom stereocenters. The van der Waals surface area contributed by atoms with Gasteiger partial charge in [0.05, 0.1) is 6.42 Å². The number of anilines is 1. The van der Waals surface area contributed by atoms with Crippen molar-refractivity contribution in [2.24, 2.45) is 5.73 Å². The number of carboxylic acids is 4. The summed E-state index contributed by atoms with van der Waals surface area (Å²) in [6.45, 7) is 0. The van der Waals surface area contributed by atoms with Crippen molar-refractivity contribution >= 4 is 35.5 Å². The van der Waals surface area contributed by atoms with Gasteiger partial charge in [0.15, 0.2) is 0 Å². The molecule has 0 unspecified atom stereocenters. The zero-order chi connectivity index (χ0) is 21.9. The highest BCUT2D eigenvalue weighted by Gasteiger charge is 2.21. The Hall–Kier alpha value is -3.67. The summed E-state index contributed by atoms with van der Waals surface area (Å²) in [5, 5.41) is 35.7. The molecular formula is C16H21N3O9. The minimum atomic E-state index is -1.29. The lowest BCUT2D eigenvalue weighted by atomic mass is 10.1. The Kier molecular flexibility index (Phi) is 10.3. The van der Waals surface area contributed by atoms with Crippen molar-refractivity contribution in [3.8, 4) is 0 Å². The molecule has 0 fully saturated rings. The maximum Gasteiger partial charge on any atom is 0.326 e. The first kappa shape index (κ1) is 24.3. The highest BCUT2D eigenvalue weighted by Crippen LogP contribution is 2.07. The second-order valence-corrected chi connectivity index (χ2v) is 5.46. The highest BCUT2D eigenvalue weighted by molar-refractivity contribution is 5.96. The van der Waals surface area contributed by atoms with Crippen molar-refractivity contribution < 1.29 is 44.4 Å². The monoisotopic (exact) mass is 399 g/mol. The smallest absolute Gasteiger partial charge is 0.326 e. The molecule has 0 radical (unpaired) electrons. The molecule has 0 saturated heterocycles. The maximum atomic E-state index is 11.8. The highest BCUT2D eigenvalue weighted by atomic mass is 16.4. The number of nitrogens with two attached hydrogens (primary N) is 2. The van der Waals surface area contributed by atoms with Crippen LogP contribution in [0.25, 0.3) is 0 Å². The molecule has 0 saturated carbocycles. The molecule has 0 aliphatic heterocycles. The third-order valence-electron chi connectivity index (χ3n) is 3.13. The van der Waals surface area contributed by atoms with Crippen molar-refractivity contribution in [2.75, 3.05) is 5.73 Å². The molecule has 0 aliphatic rings. The number of carboxylic acid groups (broad SMARTS) is 4. The van der Waals surface area contributed by atoms with E-state index in [9.17, 15) is 24.0 Å². The predicted octanol–water partition coefficient (Wildman–Crippen LogP) is -0.810. The lowest BCUT2D eigenvalue weighted by Gasteiger charge is -2.13. The van der Waals surface area contributed by atoms with Crippen LogP contribution < -0.4 is 16.8 Å². The Labute approximate surface area is 158 Å². The molecule has 154 valence electrons. The van der Waals surface area contributed by atoms with Gasteiger partial charge < -0.3 is 37.2 Å². The van der Waals surface area contributed by atoms with Gasteiger partial charge in [-0.1, -0.05) is 0 Å². The molecule has 0 spiro atoms. The summed E-state index contributed by atoms with van der Waals surface area (Å²) < 4.78 is 0. The maximum absolute atomic E-state index is 11.8. The fraction of sp³-hybridized carbons (Fsp3) is 0.312. The van der Waals surface area contributed by atoms with Crippen molar-refractivity contribution in [3.05, 3.63) is 29.8 Å². The summed E-state index contributed by atoms with van der Waals surface area (Å²) in [7, 11) is 0. The minimum Gasteiger partial charge on any atom is -0.481 e. The average Bonchev–Trinajstić information content (AvgIpc) is 2.58. The van der Waals surface area contributed by atoms with Crippen molar-refractivity contribution in [1.82, 2.24) is 5.32 Å². The molecule has 0 aromatic heterocycles. The first-order valence-electron chi connectivity index (χ1n) is 7.75. The van der Waals surface area contributed by atoms with Gasteiger partial charge in [-0.3, -0.25) is 19.2 Å². The second-order valence-electron chi connectivity index (χ2n) is 5.46. The summed E-state index contributed by atoms with van der Waals surface area (Å²) >= 11 is 0. The van der Waals surface area contributed by atoms with Gasteiger partial charge in [-0.25, -0.2) is 4.79 Å². The number of carbonyl (C=O) groups excluding carboxylic acids is 1. The standard InChI is InChI=1S/C12H14N2O5.C4H7NO4/c13-8-3-1-7(2-4-8)11(17)14-9(12(18)19)5-6-10(15)16;5-2(4(8)9)1-3(6)7/h1-4,9H,5-6,13H2,(H,14,17)(H,15,16)(H,18,19);2H,1,5H2,(H,6,7)(H,8,9)/t9-;2-/m00/s1. The number of aliphatic carboxylic acids is 4. The van der Waals surface area contributed by atoms with E-state index < -0.39 is 48.3 Å². The van der Waals surface area contributed by atoms with Crippen LogP contribution in [-0.4, -0.2) is 62.3 Å². The van der Waals surface area contributed by atoms with Gasteiger partial charge in [-0.2, -0.15) is 0 Å². The minimum absolute atomic E-state index is 0.175. The number of nitrogen functional groups attached to an aromatic ring is 1. The van der Waals surface area contributed by atoms with E-state index in [-0.39, 0.29) is 18.4 Å². The molecule has 1 amide bonds. The van der Waals surface area contributed by atoms with Gasteiger partial charge in [0.25, 0.3) is 5.91 Å². The average molecular weight is 399 g/mol. The summed E-state index contributed by atoms with van der Waals surface area (Å²) in [6.07, 6.45) is -1.04. The van der Waals surface area contributed by atoms with E-state index in [1.165, 1.54) is 24.3 Å². The van der Waals surface area contributed by atoms with Gasteiger partial charge >= 0.3 is 23.9 Å². The quantitative estimate of drug-likeness (QED) is 0.254. The number of hydrogen-bond acceptors (Lipinski definition) is 7. The number of nitrogens with one attached hydrogen (secondary N) is 1. The molecule has 0 aliphatic carbocycles. The number of amides is 1. The molecular weight excluding hydrogens is 378 g/mol. The van der Waals surface area contributed by atoms with Crippen LogP contribution in [0, 0.1) is 0 Å². The van der Waals surface area contributed by atoms with Crippen LogP contribution in [-0.2, 0) is 19.2 Å².